The number of piperidine rings is 1. The lowest BCUT2D eigenvalue weighted by Crippen LogP contribution is -2.52. The van der Waals surface area contributed by atoms with E-state index in [1.807, 2.05) is 85.8 Å². The van der Waals surface area contributed by atoms with Gasteiger partial charge in [-0.05, 0) is 59.8 Å². The van der Waals surface area contributed by atoms with E-state index in [4.69, 9.17) is 9.47 Å². The Balaban J connectivity index is 1.30. The van der Waals surface area contributed by atoms with E-state index in [-0.39, 0.29) is 55.1 Å². The predicted octanol–water partition coefficient (Wildman–Crippen LogP) is 6.29. The van der Waals surface area contributed by atoms with Gasteiger partial charge in [0, 0.05) is 55.4 Å². The highest BCUT2D eigenvalue weighted by Gasteiger charge is 2.66. The highest BCUT2D eigenvalue weighted by Crippen LogP contribution is 2.60. The number of nitrogens with zero attached hydrogens (tertiary/aromatic N) is 4. The van der Waals surface area contributed by atoms with E-state index in [1.165, 1.54) is 12.1 Å². The number of carbonyl (C=O) groups excluding carboxylic acids is 3. The number of benzene rings is 4. The maximum absolute atomic E-state index is 15.4. The van der Waals surface area contributed by atoms with E-state index in [0.717, 1.165) is 34.8 Å². The van der Waals surface area contributed by atoms with E-state index in [2.05, 4.69) is 13.1 Å². The maximum Gasteiger partial charge on any atom is 0.269 e. The second-order valence-corrected chi connectivity index (χ2v) is 20.6. The number of amides is 3. The van der Waals surface area contributed by atoms with E-state index in [1.54, 1.807) is 27.9 Å². The van der Waals surface area contributed by atoms with Crippen molar-refractivity contribution in [3.05, 3.63) is 124 Å². The third-order valence-electron chi connectivity index (χ3n) is 12.2. The molecule has 12 nitrogen and oxygen atoms in total. The molecular weight excluding hydrogens is 741 g/mol. The number of hydrogen-bond donors (Lipinski definition) is 1. The van der Waals surface area contributed by atoms with Crippen molar-refractivity contribution in [2.45, 2.75) is 76.0 Å². The van der Waals surface area contributed by atoms with E-state index >= 15 is 4.79 Å². The lowest BCUT2D eigenvalue weighted by atomic mass is 9.82. The molecule has 3 amide bonds. The van der Waals surface area contributed by atoms with Gasteiger partial charge in [0.15, 0.2) is 5.60 Å². The largest absolute Gasteiger partial charge is 0.497 e. The molecule has 2 saturated heterocycles. The number of carbonyl (C=O) groups is 3. The molecule has 0 saturated carbocycles. The molecule has 4 atom stereocenters. The molecule has 3 heterocycles. The quantitative estimate of drug-likeness (QED) is 0.0946. The molecule has 57 heavy (non-hydrogen) atoms. The van der Waals surface area contributed by atoms with Gasteiger partial charge in [0.25, 0.3) is 11.6 Å². The Morgan fingerprint density at radius 3 is 2.42 bits per heavy atom. The van der Waals surface area contributed by atoms with Gasteiger partial charge >= 0.3 is 0 Å². The lowest BCUT2D eigenvalue weighted by molar-refractivity contribution is -0.385. The number of fused-ring (bicyclic) bond motifs is 2. The number of hydrogen-bond acceptors (Lipinski definition) is 8. The average Bonchev–Trinajstić information content (AvgIpc) is 3.63. The molecule has 7 rings (SSSR count). The minimum atomic E-state index is -2.65. The van der Waals surface area contributed by atoms with E-state index in [9.17, 15) is 24.8 Å². The minimum Gasteiger partial charge on any atom is -0.497 e. The van der Waals surface area contributed by atoms with Crippen LogP contribution in [0.2, 0.25) is 18.6 Å². The number of aliphatic hydroxyl groups excluding tert-OH is 1. The first-order valence-electron chi connectivity index (χ1n) is 19.6. The Morgan fingerprint density at radius 2 is 1.74 bits per heavy atom. The van der Waals surface area contributed by atoms with Gasteiger partial charge < -0.3 is 29.3 Å². The molecule has 0 aromatic heterocycles. The average molecular weight is 791 g/mol. The van der Waals surface area contributed by atoms with Gasteiger partial charge in [-0.2, -0.15) is 0 Å². The fourth-order valence-electron chi connectivity index (χ4n) is 9.37. The van der Waals surface area contributed by atoms with Crippen LogP contribution in [-0.4, -0.2) is 73.6 Å². The molecule has 4 aromatic rings. The molecular formula is C44H50N4O8Si. The summed E-state index contributed by atoms with van der Waals surface area (Å²) in [5.41, 5.74) is 1.30. The maximum atomic E-state index is 15.4. The van der Waals surface area contributed by atoms with Crippen LogP contribution in [-0.2, 0) is 37.8 Å². The number of ether oxygens (including phenoxy) is 2. The van der Waals surface area contributed by atoms with Gasteiger partial charge in [0.05, 0.1) is 51.5 Å². The van der Waals surface area contributed by atoms with Crippen LogP contribution < -0.4 is 19.7 Å². The van der Waals surface area contributed by atoms with Crippen LogP contribution in [0.5, 0.6) is 5.75 Å². The fourth-order valence-corrected chi connectivity index (χ4v) is 13.4. The van der Waals surface area contributed by atoms with Crippen molar-refractivity contribution < 1.29 is 33.9 Å². The van der Waals surface area contributed by atoms with Gasteiger partial charge in [-0.1, -0.05) is 79.8 Å². The number of rotatable bonds is 13. The standard InChI is InChI=1S/C44H50N4O8Si/c1-30-42(57(3,4)36-19-17-35(55-2)18-20-36)39(27-41(51)45(23-24-49)28-31-11-6-5-7-12-31)56-44(30)37-26-34(48(53)54)16-21-38(37)47(43(44)52)29-32-13-10-14-33(25-32)46-22-9-8-15-40(46)50/h5-7,10-14,16-21,25-26,30,39,42,49H,8-9,15,22-24,27-29H2,1-4H3/t30-,39+,42-,44+/m1/s1. The molecule has 298 valence electrons. The zero-order valence-corrected chi connectivity index (χ0v) is 33.9. The Kier molecular flexibility index (Phi) is 11.4. The van der Waals surface area contributed by atoms with Crippen LogP contribution in [0.4, 0.5) is 17.1 Å². The van der Waals surface area contributed by atoms with E-state index < -0.39 is 30.6 Å². The topological polar surface area (TPSA) is 143 Å². The SMILES string of the molecule is COc1ccc([Si](C)(C)[C@H]2[C@H](CC(=O)N(CCO)Cc3ccccc3)O[C@@]3(C(=O)N(Cc4cccc(N5CCCCC5=O)c4)c4ccc([N+](=O)[O-])cc43)[C@@H]2C)cc1. The van der Waals surface area contributed by atoms with Crippen LogP contribution >= 0.6 is 0 Å². The van der Waals surface area contributed by atoms with Crippen molar-refractivity contribution in [3.63, 3.8) is 0 Å². The van der Waals surface area contributed by atoms with Gasteiger partial charge in [-0.15, -0.1) is 0 Å². The first-order valence-corrected chi connectivity index (χ1v) is 22.7. The zero-order valence-electron chi connectivity index (χ0n) is 32.9. The van der Waals surface area contributed by atoms with Gasteiger partial charge in [-0.3, -0.25) is 24.5 Å². The summed E-state index contributed by atoms with van der Waals surface area (Å²) < 4.78 is 12.6. The predicted molar refractivity (Wildman–Crippen MR) is 220 cm³/mol. The van der Waals surface area contributed by atoms with Crippen molar-refractivity contribution in [2.24, 2.45) is 5.92 Å². The highest BCUT2D eigenvalue weighted by atomic mass is 28.3. The summed E-state index contributed by atoms with van der Waals surface area (Å²) in [6, 6.07) is 29.6. The van der Waals surface area contributed by atoms with Gasteiger partial charge in [-0.25, -0.2) is 0 Å². The highest BCUT2D eigenvalue weighted by molar-refractivity contribution is 6.91. The summed E-state index contributed by atoms with van der Waals surface area (Å²) in [6.07, 6.45) is 1.47. The van der Waals surface area contributed by atoms with Crippen LogP contribution in [0.3, 0.4) is 0 Å². The fraction of sp³-hybridized carbons (Fsp3) is 0.386. The summed E-state index contributed by atoms with van der Waals surface area (Å²) in [5, 5.41) is 23.4. The smallest absolute Gasteiger partial charge is 0.269 e. The summed E-state index contributed by atoms with van der Waals surface area (Å²) in [6.45, 7) is 7.37. The van der Waals surface area contributed by atoms with Crippen LogP contribution in [0.1, 0.15) is 49.3 Å². The Morgan fingerprint density at radius 1 is 1.00 bits per heavy atom. The van der Waals surface area contributed by atoms with Gasteiger partial charge in [0.2, 0.25) is 11.8 Å². The second-order valence-electron chi connectivity index (χ2n) is 15.9. The Hall–Kier alpha value is -5.37. The van der Waals surface area contributed by atoms with Crippen molar-refractivity contribution >= 4 is 48.0 Å². The molecule has 0 aliphatic carbocycles. The van der Waals surface area contributed by atoms with Crippen LogP contribution in [0.15, 0.2) is 97.1 Å². The summed E-state index contributed by atoms with van der Waals surface area (Å²) in [4.78, 5) is 59.4. The summed E-state index contributed by atoms with van der Waals surface area (Å²) in [7, 11) is -1.04. The monoisotopic (exact) mass is 790 g/mol. The number of non-ortho nitro benzene ring substituents is 1. The molecule has 3 aliphatic heterocycles. The molecule has 0 bridgehead atoms. The second kappa shape index (κ2) is 16.2. The van der Waals surface area contributed by atoms with E-state index in [0.29, 0.717) is 36.5 Å². The third-order valence-corrected chi connectivity index (χ3v) is 16.6. The number of nitro groups is 1. The normalized spacial score (nSPS) is 21.9. The van der Waals surface area contributed by atoms with Crippen molar-refractivity contribution in [3.8, 4) is 5.75 Å². The first-order chi connectivity index (χ1) is 27.4. The third kappa shape index (κ3) is 7.47. The minimum absolute atomic E-state index is 0.0559. The number of nitro benzene ring substituents is 1. The molecule has 3 aliphatic rings. The summed E-state index contributed by atoms with van der Waals surface area (Å²) >= 11 is 0. The van der Waals surface area contributed by atoms with Crippen LogP contribution in [0.25, 0.3) is 0 Å². The molecule has 0 unspecified atom stereocenters. The molecule has 2 fully saturated rings. The number of anilines is 2. The molecule has 1 N–H and O–H groups in total. The van der Waals surface area contributed by atoms with Gasteiger partial charge in [0.1, 0.15) is 5.75 Å². The van der Waals surface area contributed by atoms with Crippen molar-refractivity contribution in [1.82, 2.24) is 4.90 Å². The molecule has 0 radical (unpaired) electrons. The van der Waals surface area contributed by atoms with Crippen molar-refractivity contribution in [2.75, 3.05) is 36.6 Å². The molecule has 1 spiro atoms. The Labute approximate surface area is 334 Å². The first kappa shape index (κ1) is 39.8. The summed E-state index contributed by atoms with van der Waals surface area (Å²) in [5.74, 6) is -0.301. The molecule has 13 heteroatoms. The van der Waals surface area contributed by atoms with Crippen LogP contribution in [0, 0.1) is 16.0 Å². The molecule has 4 aromatic carbocycles. The zero-order chi connectivity index (χ0) is 40.5. The lowest BCUT2D eigenvalue weighted by Gasteiger charge is -2.37. The van der Waals surface area contributed by atoms with Crippen molar-refractivity contribution in [1.29, 1.82) is 0 Å². The number of methoxy groups -OCH3 is 1. The Bertz CT molecular complexity index is 2150. The number of aliphatic hydroxyl groups is 1.